The highest BCUT2D eigenvalue weighted by molar-refractivity contribution is 5.35. The molecule has 1 aromatic carbocycles. The molecule has 1 nitrogen and oxygen atoms in total. The average Bonchev–Trinajstić information content (AvgIpc) is 2.32. The number of halogens is 4. The van der Waals surface area contributed by atoms with Gasteiger partial charge >= 0.3 is 6.18 Å². The fourth-order valence-electron chi connectivity index (χ4n) is 2.49. The first-order valence-corrected chi connectivity index (χ1v) is 5.94. The first-order valence-electron chi connectivity index (χ1n) is 5.94. The van der Waals surface area contributed by atoms with E-state index < -0.39 is 17.4 Å². The van der Waals surface area contributed by atoms with E-state index in [0.717, 1.165) is 6.07 Å². The summed E-state index contributed by atoms with van der Waals surface area (Å²) in [5.41, 5.74) is 2.65. The molecule has 2 rings (SSSR count). The van der Waals surface area contributed by atoms with Crippen LogP contribution in [0.2, 0.25) is 0 Å². The molecule has 1 aliphatic carbocycles. The summed E-state index contributed by atoms with van der Waals surface area (Å²) >= 11 is 0. The minimum Gasteiger partial charge on any atom is -0.328 e. The van der Waals surface area contributed by atoms with E-state index in [-0.39, 0.29) is 24.4 Å². The zero-order valence-corrected chi connectivity index (χ0v) is 9.80. The lowest BCUT2D eigenvalue weighted by Gasteiger charge is -2.34. The third-order valence-corrected chi connectivity index (χ3v) is 3.54. The van der Waals surface area contributed by atoms with Gasteiger partial charge in [0.15, 0.2) is 0 Å². The second-order valence-electron chi connectivity index (χ2n) is 4.85. The van der Waals surface area contributed by atoms with E-state index in [1.165, 1.54) is 18.2 Å². The van der Waals surface area contributed by atoms with Crippen molar-refractivity contribution in [1.82, 2.24) is 0 Å². The van der Waals surface area contributed by atoms with Gasteiger partial charge in [-0.2, -0.15) is 13.2 Å². The van der Waals surface area contributed by atoms with Crippen LogP contribution in [-0.2, 0) is 11.8 Å². The van der Waals surface area contributed by atoms with Gasteiger partial charge in [-0.15, -0.1) is 0 Å². The fourth-order valence-corrected chi connectivity index (χ4v) is 2.49. The Labute approximate surface area is 103 Å². The van der Waals surface area contributed by atoms with Gasteiger partial charge in [-0.1, -0.05) is 18.2 Å². The van der Waals surface area contributed by atoms with Gasteiger partial charge < -0.3 is 5.73 Å². The lowest BCUT2D eigenvalue weighted by atomic mass is 9.77. The Bertz CT molecular complexity index is 419. The Morgan fingerprint density at radius 2 is 1.67 bits per heavy atom. The molecule has 1 aromatic rings. The highest BCUT2D eigenvalue weighted by Crippen LogP contribution is 2.45. The molecule has 1 saturated carbocycles. The van der Waals surface area contributed by atoms with E-state index in [1.807, 2.05) is 0 Å². The molecular formula is C13H15F4N. The molecular weight excluding hydrogens is 246 g/mol. The molecule has 0 aliphatic heterocycles. The molecule has 1 aliphatic rings. The van der Waals surface area contributed by atoms with Gasteiger partial charge in [-0.25, -0.2) is 4.39 Å². The zero-order chi connectivity index (χ0) is 13.4. The smallest absolute Gasteiger partial charge is 0.328 e. The third-order valence-electron chi connectivity index (χ3n) is 3.54. The van der Waals surface area contributed by atoms with Crippen LogP contribution in [0.4, 0.5) is 17.6 Å². The Morgan fingerprint density at radius 3 is 2.22 bits per heavy atom. The lowest BCUT2D eigenvalue weighted by molar-refractivity contribution is -0.140. The standard InChI is InChI=1S/C13H15F4N/c14-12(7-5-9(18)6-8-12)10-3-1-2-4-11(10)13(15,16)17/h1-4,9H,5-8,18H2. The van der Waals surface area contributed by atoms with Crippen molar-refractivity contribution >= 4 is 0 Å². The molecule has 0 heterocycles. The molecule has 0 amide bonds. The average molecular weight is 261 g/mol. The SMILES string of the molecule is NC1CCC(F)(c2ccccc2C(F)(F)F)CC1. The monoisotopic (exact) mass is 261 g/mol. The van der Waals surface area contributed by atoms with Gasteiger partial charge in [0.25, 0.3) is 0 Å². The minimum absolute atomic E-state index is 0.0568. The van der Waals surface area contributed by atoms with Crippen LogP contribution in [0.3, 0.4) is 0 Å². The summed E-state index contributed by atoms with van der Waals surface area (Å²) in [6.07, 6.45) is -3.57. The van der Waals surface area contributed by atoms with Crippen LogP contribution in [0.25, 0.3) is 0 Å². The van der Waals surface area contributed by atoms with E-state index in [4.69, 9.17) is 5.73 Å². The second kappa shape index (κ2) is 4.53. The van der Waals surface area contributed by atoms with Crippen molar-refractivity contribution in [3.8, 4) is 0 Å². The highest BCUT2D eigenvalue weighted by Gasteiger charge is 2.43. The molecule has 5 heteroatoms. The van der Waals surface area contributed by atoms with Crippen molar-refractivity contribution in [2.75, 3.05) is 0 Å². The summed E-state index contributed by atoms with van der Waals surface area (Å²) in [5.74, 6) is 0. The van der Waals surface area contributed by atoms with Crippen LogP contribution < -0.4 is 5.73 Å². The summed E-state index contributed by atoms with van der Waals surface area (Å²) in [6.45, 7) is 0. The predicted molar refractivity (Wildman–Crippen MR) is 60.7 cm³/mol. The van der Waals surface area contributed by atoms with Crippen LogP contribution in [-0.4, -0.2) is 6.04 Å². The van der Waals surface area contributed by atoms with Crippen molar-refractivity contribution in [1.29, 1.82) is 0 Å². The van der Waals surface area contributed by atoms with Gasteiger partial charge in [0.1, 0.15) is 5.67 Å². The lowest BCUT2D eigenvalue weighted by Crippen LogP contribution is -2.35. The van der Waals surface area contributed by atoms with Crippen LogP contribution in [0.15, 0.2) is 24.3 Å². The van der Waals surface area contributed by atoms with Crippen LogP contribution in [0.1, 0.15) is 36.8 Å². The Balaban J connectivity index is 2.39. The van der Waals surface area contributed by atoms with E-state index >= 15 is 0 Å². The molecule has 0 aromatic heterocycles. The van der Waals surface area contributed by atoms with Crippen molar-refractivity contribution in [2.45, 2.75) is 43.6 Å². The maximum Gasteiger partial charge on any atom is 0.416 e. The molecule has 0 unspecified atom stereocenters. The largest absolute Gasteiger partial charge is 0.416 e. The topological polar surface area (TPSA) is 26.0 Å². The van der Waals surface area contributed by atoms with E-state index in [9.17, 15) is 17.6 Å². The Kier molecular flexibility index (Phi) is 3.36. The zero-order valence-electron chi connectivity index (χ0n) is 9.80. The van der Waals surface area contributed by atoms with Gasteiger partial charge in [0.2, 0.25) is 0 Å². The molecule has 2 N–H and O–H groups in total. The summed E-state index contributed by atoms with van der Waals surface area (Å²) in [7, 11) is 0. The fraction of sp³-hybridized carbons (Fsp3) is 0.538. The molecule has 18 heavy (non-hydrogen) atoms. The maximum atomic E-state index is 14.7. The van der Waals surface area contributed by atoms with Gasteiger partial charge in [0.05, 0.1) is 5.56 Å². The normalized spacial score (nSPS) is 29.3. The Morgan fingerprint density at radius 1 is 1.11 bits per heavy atom. The number of rotatable bonds is 1. The molecule has 0 atom stereocenters. The molecule has 1 fully saturated rings. The van der Waals surface area contributed by atoms with Crippen molar-refractivity contribution in [2.24, 2.45) is 5.73 Å². The number of nitrogens with two attached hydrogens (primary N) is 1. The summed E-state index contributed by atoms with van der Waals surface area (Å²) in [5, 5.41) is 0. The third kappa shape index (κ3) is 2.51. The van der Waals surface area contributed by atoms with Crippen molar-refractivity contribution < 1.29 is 17.6 Å². The minimum atomic E-state index is -4.52. The summed E-state index contributed by atoms with van der Waals surface area (Å²) in [4.78, 5) is 0. The Hall–Kier alpha value is -1.10. The van der Waals surface area contributed by atoms with Crippen molar-refractivity contribution in [3.63, 3.8) is 0 Å². The van der Waals surface area contributed by atoms with Gasteiger partial charge in [-0.05, 0) is 31.7 Å². The van der Waals surface area contributed by atoms with Gasteiger partial charge in [0, 0.05) is 11.6 Å². The first-order chi connectivity index (χ1) is 8.33. The summed E-state index contributed by atoms with van der Waals surface area (Å²) < 4.78 is 53.3. The van der Waals surface area contributed by atoms with Crippen LogP contribution in [0.5, 0.6) is 0 Å². The molecule has 100 valence electrons. The summed E-state index contributed by atoms with van der Waals surface area (Å²) in [6, 6.07) is 4.79. The van der Waals surface area contributed by atoms with Crippen LogP contribution in [0, 0.1) is 0 Å². The molecule has 0 bridgehead atoms. The number of alkyl halides is 4. The maximum absolute atomic E-state index is 14.7. The predicted octanol–water partition coefficient (Wildman–Crippen LogP) is 3.77. The van der Waals surface area contributed by atoms with Crippen molar-refractivity contribution in [3.05, 3.63) is 35.4 Å². The van der Waals surface area contributed by atoms with Crippen LogP contribution >= 0.6 is 0 Å². The first kappa shape index (κ1) is 13.3. The number of benzene rings is 1. The second-order valence-corrected chi connectivity index (χ2v) is 4.85. The number of hydrogen-bond donors (Lipinski definition) is 1. The van der Waals surface area contributed by atoms with E-state index in [2.05, 4.69) is 0 Å². The molecule has 0 saturated heterocycles. The molecule has 0 spiro atoms. The molecule has 0 radical (unpaired) electrons. The van der Waals surface area contributed by atoms with Gasteiger partial charge in [-0.3, -0.25) is 0 Å². The van der Waals surface area contributed by atoms with E-state index in [1.54, 1.807) is 0 Å². The van der Waals surface area contributed by atoms with E-state index in [0.29, 0.717) is 12.8 Å². The highest BCUT2D eigenvalue weighted by atomic mass is 19.4. The quantitative estimate of drug-likeness (QED) is 0.765. The number of hydrogen-bond acceptors (Lipinski definition) is 1.